The molecule has 30 heavy (non-hydrogen) atoms. The highest BCUT2D eigenvalue weighted by Gasteiger charge is 2.18. The number of nitrogens with one attached hydrogen (secondary N) is 2. The molecule has 0 spiro atoms. The molecule has 0 saturated carbocycles. The first-order valence-corrected chi connectivity index (χ1v) is 11.2. The van der Waals surface area contributed by atoms with Crippen LogP contribution >= 0.6 is 35.3 Å². The number of benzene rings is 1. The molecule has 166 valence electrons. The number of rotatable bonds is 8. The summed E-state index contributed by atoms with van der Waals surface area (Å²) in [5.41, 5.74) is 3.41. The number of nitrogens with zero attached hydrogens (tertiary/aromatic N) is 2. The fourth-order valence-electron chi connectivity index (χ4n) is 3.29. The van der Waals surface area contributed by atoms with Gasteiger partial charge in [0.25, 0.3) is 0 Å². The number of halogens is 1. The first-order valence-electron chi connectivity index (χ1n) is 10.3. The van der Waals surface area contributed by atoms with Gasteiger partial charge in [-0.15, -0.1) is 35.3 Å². The fraction of sp³-hybridized carbons (Fsp3) is 0.545. The van der Waals surface area contributed by atoms with Gasteiger partial charge in [-0.2, -0.15) is 0 Å². The van der Waals surface area contributed by atoms with E-state index >= 15 is 0 Å². The molecule has 1 aromatic carbocycles. The Morgan fingerprint density at radius 2 is 2.13 bits per heavy atom. The van der Waals surface area contributed by atoms with Crippen molar-refractivity contribution in [3.8, 4) is 5.75 Å². The average molecular weight is 545 g/mol. The highest BCUT2D eigenvalue weighted by molar-refractivity contribution is 14.0. The molecule has 1 aromatic heterocycles. The van der Waals surface area contributed by atoms with Gasteiger partial charge < -0.3 is 20.1 Å². The summed E-state index contributed by atoms with van der Waals surface area (Å²) in [6.07, 6.45) is 2.02. The third-order valence-electron chi connectivity index (χ3n) is 4.80. The number of ether oxygens (including phenoxy) is 2. The van der Waals surface area contributed by atoms with E-state index in [-0.39, 0.29) is 30.1 Å². The fourth-order valence-corrected chi connectivity index (χ4v) is 4.23. The number of aromatic nitrogens is 1. The molecule has 2 N–H and O–H groups in total. The maximum Gasteiger partial charge on any atom is 0.191 e. The molecule has 0 amide bonds. The van der Waals surface area contributed by atoms with Crippen molar-refractivity contribution in [2.24, 2.45) is 4.99 Å². The van der Waals surface area contributed by atoms with Crippen molar-refractivity contribution in [1.82, 2.24) is 15.6 Å². The van der Waals surface area contributed by atoms with E-state index in [0.29, 0.717) is 13.2 Å². The van der Waals surface area contributed by atoms with Crippen LogP contribution in [-0.2, 0) is 17.7 Å². The predicted molar refractivity (Wildman–Crippen MR) is 135 cm³/mol. The maximum absolute atomic E-state index is 6.19. The Bertz CT molecular complexity index is 835. The zero-order chi connectivity index (χ0) is 20.6. The summed E-state index contributed by atoms with van der Waals surface area (Å²) in [5, 5.41) is 7.89. The largest absolute Gasteiger partial charge is 0.488 e. The lowest BCUT2D eigenvalue weighted by molar-refractivity contribution is 0.140. The average Bonchev–Trinajstić information content (AvgIpc) is 3.30. The molecule has 1 atom stereocenters. The number of guanidine groups is 1. The van der Waals surface area contributed by atoms with Crippen LogP contribution in [-0.4, -0.2) is 43.4 Å². The van der Waals surface area contributed by atoms with Gasteiger partial charge in [0.05, 0.1) is 30.5 Å². The molecule has 1 unspecified atom stereocenters. The minimum absolute atomic E-state index is 0. The third-order valence-corrected chi connectivity index (χ3v) is 5.93. The van der Waals surface area contributed by atoms with Gasteiger partial charge in [-0.3, -0.25) is 0 Å². The number of hydrogen-bond donors (Lipinski definition) is 2. The summed E-state index contributed by atoms with van der Waals surface area (Å²) in [4.78, 5) is 10.6. The van der Waals surface area contributed by atoms with Crippen LogP contribution in [0.2, 0.25) is 0 Å². The number of hydrogen-bond acceptors (Lipinski definition) is 5. The smallest absolute Gasteiger partial charge is 0.191 e. The van der Waals surface area contributed by atoms with E-state index < -0.39 is 0 Å². The molecule has 0 radical (unpaired) electrons. The van der Waals surface area contributed by atoms with Gasteiger partial charge in [0.2, 0.25) is 0 Å². The van der Waals surface area contributed by atoms with Crippen LogP contribution in [0, 0.1) is 20.8 Å². The van der Waals surface area contributed by atoms with Gasteiger partial charge in [0, 0.05) is 36.4 Å². The molecule has 0 aliphatic carbocycles. The van der Waals surface area contributed by atoms with Gasteiger partial charge in [-0.1, -0.05) is 12.1 Å². The van der Waals surface area contributed by atoms with Crippen LogP contribution in [0.4, 0.5) is 0 Å². The van der Waals surface area contributed by atoms with Gasteiger partial charge >= 0.3 is 0 Å². The van der Waals surface area contributed by atoms with Crippen LogP contribution in [0.3, 0.4) is 0 Å². The quantitative estimate of drug-likeness (QED) is 0.297. The van der Waals surface area contributed by atoms with E-state index in [2.05, 4.69) is 61.5 Å². The van der Waals surface area contributed by atoms with Crippen molar-refractivity contribution >= 4 is 41.3 Å². The van der Waals surface area contributed by atoms with Crippen molar-refractivity contribution < 1.29 is 9.47 Å². The Labute approximate surface area is 200 Å². The molecule has 8 heteroatoms. The van der Waals surface area contributed by atoms with E-state index in [0.717, 1.165) is 60.5 Å². The van der Waals surface area contributed by atoms with Crippen molar-refractivity contribution in [2.75, 3.05) is 26.3 Å². The highest BCUT2D eigenvalue weighted by Crippen LogP contribution is 2.24. The van der Waals surface area contributed by atoms with Gasteiger partial charge in [0.15, 0.2) is 5.96 Å². The van der Waals surface area contributed by atoms with Crippen LogP contribution in [0.1, 0.15) is 40.1 Å². The van der Waals surface area contributed by atoms with E-state index in [9.17, 15) is 0 Å². The van der Waals surface area contributed by atoms with Gasteiger partial charge in [-0.05, 0) is 39.3 Å². The van der Waals surface area contributed by atoms with Crippen molar-refractivity contribution in [1.29, 1.82) is 0 Å². The number of aryl methyl sites for hydroxylation is 3. The topological polar surface area (TPSA) is 67.8 Å². The minimum Gasteiger partial charge on any atom is -0.488 e. The van der Waals surface area contributed by atoms with E-state index in [1.165, 1.54) is 10.4 Å². The molecule has 6 nitrogen and oxygen atoms in total. The second-order valence-electron chi connectivity index (χ2n) is 7.33. The summed E-state index contributed by atoms with van der Waals surface area (Å²) in [7, 11) is 0. The second-order valence-corrected chi connectivity index (χ2v) is 8.62. The van der Waals surface area contributed by atoms with Gasteiger partial charge in [0.1, 0.15) is 11.9 Å². The Morgan fingerprint density at radius 1 is 1.30 bits per heavy atom. The van der Waals surface area contributed by atoms with Crippen LogP contribution in [0.25, 0.3) is 0 Å². The standard InChI is InChI=1S/C22H32N4O2S.HI/c1-5-23-22(24-10-8-21-16(3)26-17(4)29-21)25-13-18-7-6-15(2)12-20(18)28-19-9-11-27-14-19;/h6-7,12,19H,5,8-11,13-14H2,1-4H3,(H2,23,24,25);1H. The maximum atomic E-state index is 6.19. The predicted octanol–water partition coefficient (Wildman–Crippen LogP) is 4.15. The highest BCUT2D eigenvalue weighted by atomic mass is 127. The molecule has 1 saturated heterocycles. The monoisotopic (exact) mass is 544 g/mol. The Kier molecular flexibility index (Phi) is 10.3. The molecular formula is C22H33IN4O2S. The van der Waals surface area contributed by atoms with E-state index in [1.54, 1.807) is 11.3 Å². The Morgan fingerprint density at radius 3 is 2.80 bits per heavy atom. The Hall–Kier alpha value is -1.39. The minimum atomic E-state index is 0. The first-order chi connectivity index (χ1) is 14.0. The summed E-state index contributed by atoms with van der Waals surface area (Å²) in [6.45, 7) is 11.9. The SMILES string of the molecule is CCNC(=NCc1ccc(C)cc1OC1CCOC1)NCCc1sc(C)nc1C.I. The first kappa shape index (κ1) is 24.9. The van der Waals surface area contributed by atoms with E-state index in [4.69, 9.17) is 14.5 Å². The van der Waals surface area contributed by atoms with Crippen molar-refractivity contribution in [2.45, 2.75) is 53.2 Å². The van der Waals surface area contributed by atoms with Gasteiger partial charge in [-0.25, -0.2) is 9.98 Å². The Balaban J connectivity index is 0.00000320. The zero-order valence-electron chi connectivity index (χ0n) is 18.3. The molecule has 3 rings (SSSR count). The lowest BCUT2D eigenvalue weighted by Crippen LogP contribution is -2.38. The second kappa shape index (κ2) is 12.5. The van der Waals surface area contributed by atoms with E-state index in [1.807, 2.05) is 0 Å². The molecular weight excluding hydrogens is 511 g/mol. The summed E-state index contributed by atoms with van der Waals surface area (Å²) in [6, 6.07) is 6.31. The molecule has 2 aromatic rings. The summed E-state index contributed by atoms with van der Waals surface area (Å²) >= 11 is 1.77. The van der Waals surface area contributed by atoms with Crippen molar-refractivity contribution in [3.05, 3.63) is 44.9 Å². The van der Waals surface area contributed by atoms with Crippen molar-refractivity contribution in [3.63, 3.8) is 0 Å². The third kappa shape index (κ3) is 7.39. The molecule has 1 aliphatic heterocycles. The molecule has 0 bridgehead atoms. The number of thiazole rings is 1. The summed E-state index contributed by atoms with van der Waals surface area (Å²) < 4.78 is 11.6. The molecule has 1 aliphatic rings. The zero-order valence-corrected chi connectivity index (χ0v) is 21.4. The van der Waals surface area contributed by atoms with Crippen LogP contribution in [0.5, 0.6) is 5.75 Å². The normalized spacial score (nSPS) is 16.3. The lowest BCUT2D eigenvalue weighted by Gasteiger charge is -2.16. The van der Waals surface area contributed by atoms with Crippen LogP contribution in [0.15, 0.2) is 23.2 Å². The number of aliphatic imine (C=N–C) groups is 1. The molecule has 1 fully saturated rings. The van der Waals surface area contributed by atoms with Crippen LogP contribution < -0.4 is 15.4 Å². The molecule has 2 heterocycles. The lowest BCUT2D eigenvalue weighted by atomic mass is 10.1. The summed E-state index contributed by atoms with van der Waals surface area (Å²) in [5.74, 6) is 1.73.